The molecular formula is C17H33NO3. The predicted octanol–water partition coefficient (Wildman–Crippen LogP) is 4.11. The van der Waals surface area contributed by atoms with Gasteiger partial charge in [0.1, 0.15) is 6.42 Å². The van der Waals surface area contributed by atoms with Crippen LogP contribution in [0.25, 0.3) is 0 Å². The van der Waals surface area contributed by atoms with Crippen LogP contribution < -0.4 is 5.73 Å². The van der Waals surface area contributed by atoms with Crippen molar-refractivity contribution in [2.75, 3.05) is 6.61 Å². The van der Waals surface area contributed by atoms with E-state index in [0.29, 0.717) is 6.61 Å². The Morgan fingerprint density at radius 3 is 1.62 bits per heavy atom. The molecule has 4 heteroatoms. The van der Waals surface area contributed by atoms with Crippen molar-refractivity contribution in [1.29, 1.82) is 0 Å². The maximum atomic E-state index is 11.0. The summed E-state index contributed by atoms with van der Waals surface area (Å²) in [6, 6.07) is 0. The van der Waals surface area contributed by atoms with Gasteiger partial charge < -0.3 is 10.5 Å². The number of hydrogen-bond donors (Lipinski definition) is 1. The molecule has 0 atom stereocenters. The predicted molar refractivity (Wildman–Crippen MR) is 85.8 cm³/mol. The standard InChI is InChI=1S/C17H33NO3/c1-2-3-4-5-6-7-8-9-10-11-12-13-14-21-17(20)15-16(18)19/h2-15H2,1H3,(H2,18,19). The van der Waals surface area contributed by atoms with E-state index in [1.54, 1.807) is 0 Å². The molecule has 124 valence electrons. The van der Waals surface area contributed by atoms with E-state index in [9.17, 15) is 9.59 Å². The molecule has 0 aliphatic heterocycles. The molecule has 0 spiro atoms. The summed E-state index contributed by atoms with van der Waals surface area (Å²) in [5.41, 5.74) is 4.90. The fourth-order valence-electron chi connectivity index (χ4n) is 2.32. The first-order chi connectivity index (χ1) is 10.2. The second-order valence-corrected chi connectivity index (χ2v) is 5.75. The van der Waals surface area contributed by atoms with Crippen molar-refractivity contribution in [3.63, 3.8) is 0 Å². The zero-order valence-corrected chi connectivity index (χ0v) is 13.7. The third kappa shape index (κ3) is 16.9. The molecule has 2 N–H and O–H groups in total. The minimum absolute atomic E-state index is 0.307. The zero-order chi connectivity index (χ0) is 15.8. The first-order valence-corrected chi connectivity index (χ1v) is 8.60. The molecule has 0 unspecified atom stereocenters. The first kappa shape index (κ1) is 19.9. The number of unbranched alkanes of at least 4 members (excludes halogenated alkanes) is 11. The number of rotatable bonds is 15. The van der Waals surface area contributed by atoms with Gasteiger partial charge in [0.2, 0.25) is 5.91 Å². The Labute approximate surface area is 129 Å². The van der Waals surface area contributed by atoms with E-state index >= 15 is 0 Å². The summed E-state index contributed by atoms with van der Waals surface area (Å²) in [5, 5.41) is 0. The summed E-state index contributed by atoms with van der Waals surface area (Å²) in [6.07, 6.45) is 15.0. The molecule has 0 aliphatic rings. The van der Waals surface area contributed by atoms with Crippen LogP contribution in [-0.2, 0) is 14.3 Å². The summed E-state index contributed by atoms with van der Waals surface area (Å²) in [7, 11) is 0. The monoisotopic (exact) mass is 299 g/mol. The highest BCUT2D eigenvalue weighted by atomic mass is 16.5. The highest BCUT2D eigenvalue weighted by Crippen LogP contribution is 2.11. The van der Waals surface area contributed by atoms with Crippen molar-refractivity contribution in [3.05, 3.63) is 0 Å². The summed E-state index contributed by atoms with van der Waals surface area (Å²) in [4.78, 5) is 21.5. The highest BCUT2D eigenvalue weighted by Gasteiger charge is 2.06. The van der Waals surface area contributed by atoms with E-state index < -0.39 is 11.9 Å². The molecule has 0 aliphatic carbocycles. The van der Waals surface area contributed by atoms with Crippen LogP contribution in [0.4, 0.5) is 0 Å². The SMILES string of the molecule is CCCCCCCCCCCCCCOC(=O)CC(N)=O. The lowest BCUT2D eigenvalue weighted by atomic mass is 10.1. The maximum Gasteiger partial charge on any atom is 0.315 e. The molecule has 4 nitrogen and oxygen atoms in total. The Morgan fingerprint density at radius 2 is 1.19 bits per heavy atom. The van der Waals surface area contributed by atoms with E-state index in [2.05, 4.69) is 6.92 Å². The minimum atomic E-state index is -0.630. The van der Waals surface area contributed by atoms with Crippen molar-refractivity contribution in [3.8, 4) is 0 Å². The van der Waals surface area contributed by atoms with Gasteiger partial charge in [0.25, 0.3) is 0 Å². The largest absolute Gasteiger partial charge is 0.465 e. The smallest absolute Gasteiger partial charge is 0.315 e. The molecule has 1 amide bonds. The topological polar surface area (TPSA) is 69.4 Å². The molecular weight excluding hydrogens is 266 g/mol. The van der Waals surface area contributed by atoms with Crippen molar-refractivity contribution >= 4 is 11.9 Å². The Balaban J connectivity index is 3.09. The fourth-order valence-corrected chi connectivity index (χ4v) is 2.32. The van der Waals surface area contributed by atoms with Crippen LogP contribution in [0.5, 0.6) is 0 Å². The molecule has 0 aromatic rings. The van der Waals surface area contributed by atoms with Gasteiger partial charge in [0.15, 0.2) is 0 Å². The van der Waals surface area contributed by atoms with E-state index in [4.69, 9.17) is 10.5 Å². The number of hydrogen-bond acceptors (Lipinski definition) is 3. The lowest BCUT2D eigenvalue weighted by molar-refractivity contribution is -0.145. The van der Waals surface area contributed by atoms with Crippen molar-refractivity contribution < 1.29 is 14.3 Å². The van der Waals surface area contributed by atoms with Gasteiger partial charge in [-0.3, -0.25) is 9.59 Å². The molecule has 0 saturated heterocycles. The summed E-state index contributed by atoms with van der Waals surface area (Å²) < 4.78 is 4.90. The van der Waals surface area contributed by atoms with Crippen molar-refractivity contribution in [1.82, 2.24) is 0 Å². The number of amides is 1. The molecule has 0 radical (unpaired) electrons. The summed E-state index contributed by atoms with van der Waals surface area (Å²) in [5.74, 6) is -1.14. The van der Waals surface area contributed by atoms with Gasteiger partial charge in [0, 0.05) is 0 Å². The quantitative estimate of drug-likeness (QED) is 0.281. The molecule has 0 aromatic heterocycles. The van der Waals surface area contributed by atoms with Gasteiger partial charge in [-0.25, -0.2) is 0 Å². The van der Waals surface area contributed by atoms with Gasteiger partial charge in [0.05, 0.1) is 6.61 Å². The minimum Gasteiger partial charge on any atom is -0.465 e. The molecule has 0 aromatic carbocycles. The Morgan fingerprint density at radius 1 is 0.762 bits per heavy atom. The number of ether oxygens (including phenoxy) is 1. The van der Waals surface area contributed by atoms with E-state index in [0.717, 1.165) is 12.8 Å². The lowest BCUT2D eigenvalue weighted by Gasteiger charge is -2.04. The molecule has 0 saturated carbocycles. The Hall–Kier alpha value is -1.06. The zero-order valence-electron chi connectivity index (χ0n) is 13.7. The number of nitrogens with two attached hydrogens (primary N) is 1. The summed E-state index contributed by atoms with van der Waals surface area (Å²) >= 11 is 0. The Kier molecular flexibility index (Phi) is 14.6. The molecule has 0 heterocycles. The van der Waals surface area contributed by atoms with Crippen LogP contribution in [0, 0.1) is 0 Å². The lowest BCUT2D eigenvalue weighted by Crippen LogP contribution is -2.18. The maximum absolute atomic E-state index is 11.0. The van der Waals surface area contributed by atoms with Crippen LogP contribution in [-0.4, -0.2) is 18.5 Å². The van der Waals surface area contributed by atoms with E-state index in [-0.39, 0.29) is 6.42 Å². The van der Waals surface area contributed by atoms with E-state index in [1.165, 1.54) is 64.2 Å². The second kappa shape index (κ2) is 15.3. The molecule has 0 fully saturated rings. The number of carbonyl (C=O) groups excluding carboxylic acids is 2. The van der Waals surface area contributed by atoms with Crippen molar-refractivity contribution in [2.24, 2.45) is 5.73 Å². The average Bonchev–Trinajstić information content (AvgIpc) is 2.43. The average molecular weight is 299 g/mol. The van der Waals surface area contributed by atoms with Gasteiger partial charge >= 0.3 is 5.97 Å². The molecule has 0 rings (SSSR count). The highest BCUT2D eigenvalue weighted by molar-refractivity contribution is 5.93. The Bertz CT molecular complexity index is 267. The fraction of sp³-hybridized carbons (Fsp3) is 0.882. The second-order valence-electron chi connectivity index (χ2n) is 5.75. The van der Waals surface area contributed by atoms with Gasteiger partial charge in [-0.1, -0.05) is 77.6 Å². The third-order valence-corrected chi connectivity index (χ3v) is 3.58. The van der Waals surface area contributed by atoms with Crippen LogP contribution in [0.3, 0.4) is 0 Å². The number of esters is 1. The number of primary amides is 1. The normalized spacial score (nSPS) is 10.5. The first-order valence-electron chi connectivity index (χ1n) is 8.60. The van der Waals surface area contributed by atoms with Crippen LogP contribution in [0.15, 0.2) is 0 Å². The van der Waals surface area contributed by atoms with Crippen LogP contribution >= 0.6 is 0 Å². The summed E-state index contributed by atoms with van der Waals surface area (Å²) in [6.45, 7) is 2.65. The van der Waals surface area contributed by atoms with Crippen LogP contribution in [0.2, 0.25) is 0 Å². The van der Waals surface area contributed by atoms with Crippen LogP contribution in [0.1, 0.15) is 90.4 Å². The van der Waals surface area contributed by atoms with Crippen molar-refractivity contribution in [2.45, 2.75) is 90.4 Å². The number of carbonyl (C=O) groups is 2. The van der Waals surface area contributed by atoms with E-state index in [1.807, 2.05) is 0 Å². The van der Waals surface area contributed by atoms with Gasteiger partial charge in [-0.2, -0.15) is 0 Å². The van der Waals surface area contributed by atoms with Gasteiger partial charge in [-0.05, 0) is 6.42 Å². The third-order valence-electron chi connectivity index (χ3n) is 3.58. The molecule has 0 bridgehead atoms. The molecule has 21 heavy (non-hydrogen) atoms. The van der Waals surface area contributed by atoms with Gasteiger partial charge in [-0.15, -0.1) is 0 Å².